The molecule has 0 saturated heterocycles. The van der Waals surface area contributed by atoms with Gasteiger partial charge in [-0.1, -0.05) is 54.6 Å². The molecule has 0 aliphatic carbocycles. The minimum absolute atomic E-state index is 0.125. The Morgan fingerprint density at radius 2 is 1.72 bits per heavy atom. The summed E-state index contributed by atoms with van der Waals surface area (Å²) in [5.41, 5.74) is 2.24. The molecule has 7 nitrogen and oxygen atoms in total. The predicted octanol–water partition coefficient (Wildman–Crippen LogP) is 5.15. The van der Waals surface area contributed by atoms with Crippen molar-refractivity contribution in [2.45, 2.75) is 13.0 Å². The maximum absolute atomic E-state index is 12.6. The molecule has 3 rings (SSSR count). The number of nitrogens with zero attached hydrogens (tertiary/aromatic N) is 3. The van der Waals surface area contributed by atoms with Gasteiger partial charge in [-0.15, -0.1) is 0 Å². The minimum atomic E-state index is -0.544. The lowest BCUT2D eigenvalue weighted by Crippen LogP contribution is -2.27. The number of hydrogen-bond acceptors (Lipinski definition) is 5. The van der Waals surface area contributed by atoms with Gasteiger partial charge >= 0.3 is 0 Å². The van der Waals surface area contributed by atoms with Gasteiger partial charge < -0.3 is 10.2 Å². The number of nitrogens with one attached hydrogen (secondary N) is 1. The summed E-state index contributed by atoms with van der Waals surface area (Å²) in [5.74, 6) is -0.544. The summed E-state index contributed by atoms with van der Waals surface area (Å²) in [7, 11) is 1.74. The zero-order chi connectivity index (χ0) is 23.1. The highest BCUT2D eigenvalue weighted by Gasteiger charge is 2.20. The minimum Gasteiger partial charge on any atom is -0.345 e. The van der Waals surface area contributed by atoms with Gasteiger partial charge in [0.05, 0.1) is 11.0 Å². The van der Waals surface area contributed by atoms with Crippen molar-refractivity contribution in [3.63, 3.8) is 0 Å². The summed E-state index contributed by atoms with van der Waals surface area (Å²) in [4.78, 5) is 25.5. The van der Waals surface area contributed by atoms with E-state index >= 15 is 0 Å². The Hall–Kier alpha value is -4.44. The van der Waals surface area contributed by atoms with E-state index in [-0.39, 0.29) is 17.3 Å². The SMILES string of the molecule is CC(NC(=O)/C(C#N)=C/c1ccc(N(C)c2ccccc2)c([N+](=O)[O-])c1)c1ccccc1. The molecular formula is C25H22N4O3. The molecule has 0 aromatic heterocycles. The highest BCUT2D eigenvalue weighted by molar-refractivity contribution is 6.02. The van der Waals surface area contributed by atoms with Crippen molar-refractivity contribution >= 4 is 29.0 Å². The smallest absolute Gasteiger partial charge is 0.293 e. The molecule has 0 radical (unpaired) electrons. The topological polar surface area (TPSA) is 99.3 Å². The van der Waals surface area contributed by atoms with Crippen molar-refractivity contribution in [1.82, 2.24) is 5.32 Å². The lowest BCUT2D eigenvalue weighted by molar-refractivity contribution is -0.384. The van der Waals surface area contributed by atoms with Gasteiger partial charge in [-0.25, -0.2) is 0 Å². The molecule has 32 heavy (non-hydrogen) atoms. The molecule has 7 heteroatoms. The van der Waals surface area contributed by atoms with Crippen LogP contribution >= 0.6 is 0 Å². The fourth-order valence-corrected chi connectivity index (χ4v) is 3.27. The Bertz CT molecular complexity index is 1180. The number of nitriles is 1. The van der Waals surface area contributed by atoms with Gasteiger partial charge in [-0.2, -0.15) is 5.26 Å². The van der Waals surface area contributed by atoms with Gasteiger partial charge in [0.2, 0.25) is 0 Å². The van der Waals surface area contributed by atoms with E-state index in [4.69, 9.17) is 0 Å². The Balaban J connectivity index is 1.87. The quantitative estimate of drug-likeness (QED) is 0.244. The van der Waals surface area contributed by atoms with E-state index in [9.17, 15) is 20.2 Å². The molecular weight excluding hydrogens is 404 g/mol. The molecule has 3 aromatic rings. The van der Waals surface area contributed by atoms with Crippen LogP contribution < -0.4 is 10.2 Å². The Morgan fingerprint density at radius 3 is 2.31 bits per heavy atom. The fraction of sp³-hybridized carbons (Fsp3) is 0.120. The van der Waals surface area contributed by atoms with E-state index in [2.05, 4.69) is 5.32 Å². The molecule has 1 N–H and O–H groups in total. The first kappa shape index (κ1) is 22.2. The van der Waals surface area contributed by atoms with Crippen LogP contribution in [0.15, 0.2) is 84.4 Å². The highest BCUT2D eigenvalue weighted by atomic mass is 16.6. The van der Waals surface area contributed by atoms with Gasteiger partial charge in [-0.3, -0.25) is 14.9 Å². The normalized spacial score (nSPS) is 11.8. The van der Waals surface area contributed by atoms with Crippen LogP contribution in [0.5, 0.6) is 0 Å². The van der Waals surface area contributed by atoms with Gasteiger partial charge in [0.1, 0.15) is 17.3 Å². The van der Waals surface area contributed by atoms with Crippen LogP contribution in [0, 0.1) is 21.4 Å². The number of benzene rings is 3. The number of hydrogen-bond donors (Lipinski definition) is 1. The van der Waals surface area contributed by atoms with Gasteiger partial charge in [-0.05, 0) is 42.3 Å². The Kier molecular flexibility index (Phi) is 6.99. The summed E-state index contributed by atoms with van der Waals surface area (Å²) in [6.07, 6.45) is 1.35. The molecule has 0 aliphatic heterocycles. The second-order valence-corrected chi connectivity index (χ2v) is 7.18. The zero-order valence-electron chi connectivity index (χ0n) is 17.7. The number of nitro benzene ring substituents is 1. The molecule has 0 spiro atoms. The second-order valence-electron chi connectivity index (χ2n) is 7.18. The first-order chi connectivity index (χ1) is 15.4. The van der Waals surface area contributed by atoms with Gasteiger partial charge in [0.15, 0.2) is 0 Å². The number of carbonyl (C=O) groups excluding carboxylic acids is 1. The van der Waals surface area contributed by atoms with E-state index < -0.39 is 10.8 Å². The van der Waals surface area contributed by atoms with Crippen LogP contribution in [0.4, 0.5) is 17.1 Å². The predicted molar refractivity (Wildman–Crippen MR) is 124 cm³/mol. The van der Waals surface area contributed by atoms with Crippen molar-refractivity contribution in [1.29, 1.82) is 5.26 Å². The number of amides is 1. The van der Waals surface area contributed by atoms with Crippen LogP contribution in [-0.4, -0.2) is 17.9 Å². The lowest BCUT2D eigenvalue weighted by atomic mass is 10.1. The molecule has 3 aromatic carbocycles. The third kappa shape index (κ3) is 5.18. The number of carbonyl (C=O) groups is 1. The van der Waals surface area contributed by atoms with Crippen molar-refractivity contribution < 1.29 is 9.72 Å². The summed E-state index contributed by atoms with van der Waals surface area (Å²) in [6, 6.07) is 24.9. The molecule has 1 atom stereocenters. The average molecular weight is 426 g/mol. The van der Waals surface area contributed by atoms with Crippen LogP contribution in [0.1, 0.15) is 24.1 Å². The van der Waals surface area contributed by atoms with Crippen molar-refractivity contribution in [3.05, 3.63) is 106 Å². The van der Waals surface area contributed by atoms with Crippen LogP contribution in [0.3, 0.4) is 0 Å². The third-order valence-electron chi connectivity index (χ3n) is 5.02. The third-order valence-corrected chi connectivity index (χ3v) is 5.02. The zero-order valence-corrected chi connectivity index (χ0v) is 17.7. The molecule has 0 aliphatic rings. The van der Waals surface area contributed by atoms with Gasteiger partial charge in [0, 0.05) is 18.8 Å². The average Bonchev–Trinajstić information content (AvgIpc) is 2.82. The Morgan fingerprint density at radius 1 is 1.09 bits per heavy atom. The van der Waals surface area contributed by atoms with E-state index in [1.54, 1.807) is 24.1 Å². The summed E-state index contributed by atoms with van der Waals surface area (Å²) in [6.45, 7) is 1.82. The maximum atomic E-state index is 12.6. The van der Waals surface area contributed by atoms with Crippen LogP contribution in [-0.2, 0) is 4.79 Å². The summed E-state index contributed by atoms with van der Waals surface area (Å²) in [5, 5.41) is 24.0. The number of anilines is 2. The molecule has 0 heterocycles. The maximum Gasteiger partial charge on any atom is 0.293 e. The monoisotopic (exact) mass is 426 g/mol. The number of nitro groups is 1. The largest absolute Gasteiger partial charge is 0.345 e. The van der Waals surface area contributed by atoms with E-state index in [1.165, 1.54) is 12.1 Å². The highest BCUT2D eigenvalue weighted by Crippen LogP contribution is 2.33. The molecule has 0 bridgehead atoms. The molecule has 0 fully saturated rings. The van der Waals surface area contributed by atoms with Gasteiger partial charge in [0.25, 0.3) is 11.6 Å². The molecule has 1 amide bonds. The summed E-state index contributed by atoms with van der Waals surface area (Å²) >= 11 is 0. The molecule has 1 unspecified atom stereocenters. The first-order valence-corrected chi connectivity index (χ1v) is 9.95. The van der Waals surface area contributed by atoms with Crippen molar-refractivity contribution in [3.8, 4) is 6.07 Å². The lowest BCUT2D eigenvalue weighted by Gasteiger charge is -2.19. The number of para-hydroxylation sites is 1. The van der Waals surface area contributed by atoms with E-state index in [0.717, 1.165) is 11.3 Å². The number of rotatable bonds is 7. The first-order valence-electron chi connectivity index (χ1n) is 9.95. The van der Waals surface area contributed by atoms with E-state index in [0.29, 0.717) is 11.3 Å². The summed E-state index contributed by atoms with van der Waals surface area (Å²) < 4.78 is 0. The van der Waals surface area contributed by atoms with Crippen molar-refractivity contribution in [2.24, 2.45) is 0 Å². The second kappa shape index (κ2) is 10.0. The molecule has 160 valence electrons. The molecule has 0 saturated carbocycles. The standard InChI is InChI=1S/C25H22N4O3/c1-18(20-9-5-3-6-10-20)27-25(30)21(17-26)15-19-13-14-23(24(16-19)29(31)32)28(2)22-11-7-4-8-12-22/h3-16,18H,1-2H3,(H,27,30)/b21-15+. The fourth-order valence-electron chi connectivity index (χ4n) is 3.27. The van der Waals surface area contributed by atoms with Crippen molar-refractivity contribution in [2.75, 3.05) is 11.9 Å². The van der Waals surface area contributed by atoms with E-state index in [1.807, 2.05) is 73.7 Å². The Labute approximate surface area is 186 Å². The van der Waals surface area contributed by atoms with Crippen LogP contribution in [0.25, 0.3) is 6.08 Å². The van der Waals surface area contributed by atoms with Crippen LogP contribution in [0.2, 0.25) is 0 Å².